The zero-order valence-corrected chi connectivity index (χ0v) is 17.5. The smallest absolute Gasteiger partial charge is 0.342 e. The maximum Gasteiger partial charge on any atom is 0.342 e. The second-order valence-electron chi connectivity index (χ2n) is 6.68. The van der Waals surface area contributed by atoms with E-state index in [1.807, 2.05) is 54.7 Å². The van der Waals surface area contributed by atoms with Gasteiger partial charge in [0.15, 0.2) is 4.87 Å². The van der Waals surface area contributed by atoms with Crippen LogP contribution in [0.2, 0.25) is 0 Å². The van der Waals surface area contributed by atoms with Crippen molar-refractivity contribution in [1.82, 2.24) is 10.3 Å². The molecule has 0 aliphatic heterocycles. The van der Waals surface area contributed by atoms with E-state index in [2.05, 4.69) is 10.3 Å². The highest BCUT2D eigenvalue weighted by Gasteiger charge is 2.40. The van der Waals surface area contributed by atoms with Crippen molar-refractivity contribution in [3.8, 4) is 5.75 Å². The summed E-state index contributed by atoms with van der Waals surface area (Å²) < 4.78 is 10.9. The molecular formula is C22H24N2O4S. The molecule has 1 aromatic heterocycles. The van der Waals surface area contributed by atoms with Gasteiger partial charge in [0.2, 0.25) is 5.91 Å². The number of fused-ring (bicyclic) bond motifs is 1. The van der Waals surface area contributed by atoms with Crippen LogP contribution in [-0.2, 0) is 27.4 Å². The number of carbonyl (C=O) groups is 2. The summed E-state index contributed by atoms with van der Waals surface area (Å²) >= 11 is 1.25. The number of thioether (sulfide) groups is 1. The first-order chi connectivity index (χ1) is 14.0. The summed E-state index contributed by atoms with van der Waals surface area (Å²) in [6, 6.07) is 15.7. The van der Waals surface area contributed by atoms with Gasteiger partial charge in [-0.3, -0.25) is 4.79 Å². The van der Waals surface area contributed by atoms with E-state index in [1.165, 1.54) is 25.8 Å². The summed E-state index contributed by atoms with van der Waals surface area (Å²) in [5.74, 6) is -0.0583. The Morgan fingerprint density at radius 2 is 1.93 bits per heavy atom. The first-order valence-corrected chi connectivity index (χ1v) is 10.4. The van der Waals surface area contributed by atoms with E-state index < -0.39 is 10.8 Å². The number of methoxy groups -OCH3 is 1. The molecule has 3 aromatic rings. The number of nitrogens with one attached hydrogen (secondary N) is 2. The van der Waals surface area contributed by atoms with Crippen LogP contribution in [0.3, 0.4) is 0 Å². The number of amides is 1. The minimum absolute atomic E-state index is 0.280. The summed E-state index contributed by atoms with van der Waals surface area (Å²) in [5, 5.41) is 3.70. The van der Waals surface area contributed by atoms with Gasteiger partial charge in [0.1, 0.15) is 12.4 Å². The average molecular weight is 413 g/mol. The van der Waals surface area contributed by atoms with Gasteiger partial charge in [-0.2, -0.15) is 0 Å². The molecule has 29 heavy (non-hydrogen) atoms. The second kappa shape index (κ2) is 9.05. The van der Waals surface area contributed by atoms with E-state index in [4.69, 9.17) is 9.47 Å². The molecule has 0 saturated carbocycles. The standard InChI is InChI=1S/C22H24N2O4S/c1-15(25)24-22(29-3,21(26)27-2)12-17-13-23-20-10-9-18(11-19(17)20)28-14-16-7-5-4-6-8-16/h4-11,13,23H,12,14H2,1-3H3,(H,24,25). The number of ether oxygens (including phenoxy) is 2. The number of hydrogen-bond donors (Lipinski definition) is 2. The van der Waals surface area contributed by atoms with E-state index in [1.54, 1.807) is 6.26 Å². The summed E-state index contributed by atoms with van der Waals surface area (Å²) in [6.07, 6.45) is 3.90. The quantitative estimate of drug-likeness (QED) is 0.436. The first-order valence-electron chi connectivity index (χ1n) is 9.16. The Morgan fingerprint density at radius 3 is 2.59 bits per heavy atom. The van der Waals surface area contributed by atoms with E-state index >= 15 is 0 Å². The van der Waals surface area contributed by atoms with Crippen LogP contribution in [0.15, 0.2) is 54.7 Å². The predicted molar refractivity (Wildman–Crippen MR) is 115 cm³/mol. The maximum absolute atomic E-state index is 12.5. The van der Waals surface area contributed by atoms with Crippen molar-refractivity contribution in [2.75, 3.05) is 13.4 Å². The molecule has 0 bridgehead atoms. The van der Waals surface area contributed by atoms with Crippen molar-refractivity contribution >= 4 is 34.5 Å². The lowest BCUT2D eigenvalue weighted by Gasteiger charge is -2.29. The van der Waals surface area contributed by atoms with Crippen molar-refractivity contribution in [3.63, 3.8) is 0 Å². The van der Waals surface area contributed by atoms with Crippen molar-refractivity contribution in [2.24, 2.45) is 0 Å². The average Bonchev–Trinajstić information content (AvgIpc) is 3.13. The molecular weight excluding hydrogens is 388 g/mol. The lowest BCUT2D eigenvalue weighted by atomic mass is 10.0. The number of hydrogen-bond acceptors (Lipinski definition) is 5. The molecule has 1 atom stereocenters. The SMILES string of the molecule is COC(=O)C(Cc1c[nH]c2ccc(OCc3ccccc3)cc12)(NC(C)=O)SC. The minimum Gasteiger partial charge on any atom is -0.489 e. The van der Waals surface area contributed by atoms with Crippen LogP contribution >= 0.6 is 11.8 Å². The fraction of sp³-hybridized carbons (Fsp3) is 0.273. The largest absolute Gasteiger partial charge is 0.489 e. The highest BCUT2D eigenvalue weighted by Crippen LogP contribution is 2.31. The van der Waals surface area contributed by atoms with Crippen LogP contribution < -0.4 is 10.1 Å². The van der Waals surface area contributed by atoms with E-state index in [0.717, 1.165) is 27.8 Å². The summed E-state index contributed by atoms with van der Waals surface area (Å²) in [6.45, 7) is 1.85. The fourth-order valence-electron chi connectivity index (χ4n) is 3.23. The molecule has 1 heterocycles. The predicted octanol–water partition coefficient (Wildman–Crippen LogP) is 3.66. The van der Waals surface area contributed by atoms with Gasteiger partial charge in [-0.1, -0.05) is 30.3 Å². The van der Waals surface area contributed by atoms with Crippen molar-refractivity contribution in [3.05, 3.63) is 65.9 Å². The van der Waals surface area contributed by atoms with Gasteiger partial charge >= 0.3 is 5.97 Å². The molecule has 0 radical (unpaired) electrons. The van der Waals surface area contributed by atoms with Gasteiger partial charge in [-0.25, -0.2) is 4.79 Å². The zero-order chi connectivity index (χ0) is 20.9. The van der Waals surface area contributed by atoms with Crippen LogP contribution in [-0.4, -0.2) is 35.1 Å². The maximum atomic E-state index is 12.5. The summed E-state index contributed by atoms with van der Waals surface area (Å²) in [4.78, 5) is 26.3. The Labute approximate surface area is 174 Å². The number of carbonyl (C=O) groups excluding carboxylic acids is 2. The molecule has 0 aliphatic carbocycles. The molecule has 0 spiro atoms. The van der Waals surface area contributed by atoms with Gasteiger partial charge in [0, 0.05) is 30.4 Å². The lowest BCUT2D eigenvalue weighted by Crippen LogP contribution is -2.53. The molecule has 1 amide bonds. The molecule has 0 fully saturated rings. The summed E-state index contributed by atoms with van der Waals surface area (Å²) in [5.41, 5.74) is 2.90. The third-order valence-electron chi connectivity index (χ3n) is 4.67. The Balaban J connectivity index is 1.88. The topological polar surface area (TPSA) is 80.4 Å². The monoisotopic (exact) mass is 412 g/mol. The van der Waals surface area contributed by atoms with Crippen LogP contribution in [0.5, 0.6) is 5.75 Å². The minimum atomic E-state index is -1.20. The first kappa shape index (κ1) is 20.8. The van der Waals surface area contributed by atoms with E-state index in [0.29, 0.717) is 6.61 Å². The third-order valence-corrected chi connectivity index (χ3v) is 5.78. The van der Waals surface area contributed by atoms with Crippen molar-refractivity contribution < 1.29 is 19.1 Å². The van der Waals surface area contributed by atoms with Gasteiger partial charge in [-0.15, -0.1) is 11.8 Å². The number of benzene rings is 2. The Hall–Kier alpha value is -2.93. The van der Waals surface area contributed by atoms with Gasteiger partial charge < -0.3 is 19.8 Å². The highest BCUT2D eigenvalue weighted by atomic mass is 32.2. The molecule has 2 aromatic carbocycles. The van der Waals surface area contributed by atoms with Gasteiger partial charge in [-0.05, 0) is 35.6 Å². The van der Waals surface area contributed by atoms with Crippen LogP contribution in [0, 0.1) is 0 Å². The summed E-state index contributed by atoms with van der Waals surface area (Å²) in [7, 11) is 1.32. The molecule has 0 saturated heterocycles. The number of H-pyrrole nitrogens is 1. The Kier molecular flexibility index (Phi) is 6.49. The third kappa shape index (κ3) is 4.74. The second-order valence-corrected chi connectivity index (χ2v) is 7.78. The molecule has 1 unspecified atom stereocenters. The molecule has 7 heteroatoms. The van der Waals surface area contributed by atoms with Crippen molar-refractivity contribution in [2.45, 2.75) is 24.8 Å². The number of rotatable bonds is 8. The molecule has 3 rings (SSSR count). The fourth-order valence-corrected chi connectivity index (χ4v) is 4.02. The normalized spacial score (nSPS) is 12.9. The van der Waals surface area contributed by atoms with Crippen LogP contribution in [0.25, 0.3) is 10.9 Å². The van der Waals surface area contributed by atoms with Gasteiger partial charge in [0.25, 0.3) is 0 Å². The van der Waals surface area contributed by atoms with E-state index in [-0.39, 0.29) is 12.3 Å². The Bertz CT molecular complexity index is 1000. The Morgan fingerprint density at radius 1 is 1.17 bits per heavy atom. The highest BCUT2D eigenvalue weighted by molar-refractivity contribution is 8.00. The molecule has 6 nitrogen and oxygen atoms in total. The molecule has 0 aliphatic rings. The molecule has 2 N–H and O–H groups in total. The van der Waals surface area contributed by atoms with Crippen LogP contribution in [0.1, 0.15) is 18.1 Å². The van der Waals surface area contributed by atoms with Gasteiger partial charge in [0.05, 0.1) is 7.11 Å². The number of aromatic amines is 1. The lowest BCUT2D eigenvalue weighted by molar-refractivity contribution is -0.146. The zero-order valence-electron chi connectivity index (χ0n) is 16.7. The van der Waals surface area contributed by atoms with E-state index in [9.17, 15) is 9.59 Å². The number of esters is 1. The number of aromatic nitrogens is 1. The van der Waals surface area contributed by atoms with Crippen molar-refractivity contribution in [1.29, 1.82) is 0 Å². The van der Waals surface area contributed by atoms with Crippen LogP contribution in [0.4, 0.5) is 0 Å². The molecule has 152 valence electrons.